The highest BCUT2D eigenvalue weighted by Gasteiger charge is 2.27. The van der Waals surface area contributed by atoms with Gasteiger partial charge in [-0.3, -0.25) is 90.7 Å². The molecule has 0 unspecified atom stereocenters. The average Bonchev–Trinajstić information content (AvgIpc) is 1.82. The number of pyridine rings is 3. The number of nitrogens with zero attached hydrogens (tertiary/aromatic N) is 14. The third-order valence-electron chi connectivity index (χ3n) is 20.4. The topological polar surface area (TPSA) is 410 Å². The van der Waals surface area contributed by atoms with Gasteiger partial charge in [-0.15, -0.1) is 79.4 Å². The molecule has 14 aromatic heterocycles. The molecule has 143 heavy (non-hydrogen) atoms. The van der Waals surface area contributed by atoms with E-state index in [4.69, 9.17) is 8.83 Å². The number of anilines is 7. The summed E-state index contributed by atoms with van der Waals surface area (Å²) in [6.07, 6.45) is 18.5. The lowest BCUT2D eigenvalue weighted by molar-refractivity contribution is 0.0989. The van der Waals surface area contributed by atoms with Crippen LogP contribution in [0.5, 0.6) is 0 Å². The third-order valence-corrected chi connectivity index (χ3v) is 25.8. The zero-order chi connectivity index (χ0) is 99.8. The zero-order valence-corrected chi connectivity index (χ0v) is 83.4. The van der Waals surface area contributed by atoms with Gasteiger partial charge in [0.15, 0.2) is 47.4 Å². The van der Waals surface area contributed by atoms with E-state index in [1.807, 2.05) is 244 Å². The van der Waals surface area contributed by atoms with Gasteiger partial charge in [-0.1, -0.05) is 192 Å². The first-order valence-electron chi connectivity index (χ1n) is 44.2. The summed E-state index contributed by atoms with van der Waals surface area (Å²) in [6.45, 7) is 14.0. The molecule has 1 aliphatic carbocycles. The molecule has 1 saturated carbocycles. The molecule has 30 nitrogen and oxygen atoms in total. The van der Waals surface area contributed by atoms with Crippen molar-refractivity contribution >= 4 is 157 Å². The van der Waals surface area contributed by atoms with Crippen molar-refractivity contribution in [2.45, 2.75) is 73.6 Å². The standard InChI is InChI=1S/2C17H15N3OS.C16H13N3OS.2C15H12N4OS.C15H12N2O2S.C11H10N2O2S/c1-11-3-5-13(6-4-11)15-10-22-17(19-15)20-16(21)14-9-12(2)7-8-18-14;1-11-5-7-13(8-6-11)14-10-22-17(19-14)20-16(21)15-12(2)4-3-9-18-15;1-11-5-7-12(8-6-11)14-10-21-16(18-14)19-15(20)13-4-2-3-9-17-13;1-10-3-5-11(6-4-10)12-9-21-15(18-12)19-14(20)13-16-7-2-8-17-13;1-10-2-4-11(5-3-10)13-9-21-15(18-13)19-14(20)12-8-16-6-7-17-12;18-14(13-7-4-8-19-13)17-15-16-12(10-20-15)9-11-5-2-1-3-6-11;14-10(9-2-1-5-15-9)13-11-12-8(6-16-11)7-3-4-7/h2*3-10H,1-2H3,(H,19,20,21);2-10H,1H3,(H,18,19,20);2*2-9H,1H3,(H,18,19,20);1-8,10H,9H2,(H,16,17,18);1-2,5-7H,3-4H2,(H,12,13,14). The molecule has 21 rings (SSSR count). The molecule has 0 radical (unpaired) electrons. The number of carbonyl (C=O) groups excluding carboxylic acids is 7. The van der Waals surface area contributed by atoms with Gasteiger partial charge in [-0.05, 0) is 139 Å². The number of carbonyl (C=O) groups is 7. The van der Waals surface area contributed by atoms with Crippen LogP contribution in [0.3, 0.4) is 0 Å². The highest BCUT2D eigenvalue weighted by molar-refractivity contribution is 7.16. The number of thiazole rings is 7. The minimum atomic E-state index is -0.361. The smallest absolute Gasteiger partial charge is 0.295 e. The summed E-state index contributed by atoms with van der Waals surface area (Å²) in [5.41, 5.74) is 22.0. The molecule has 0 saturated heterocycles. The maximum absolute atomic E-state index is 12.2. The summed E-state index contributed by atoms with van der Waals surface area (Å²) in [5, 5.41) is 36.8. The van der Waals surface area contributed by atoms with Crippen LogP contribution in [0.25, 0.3) is 56.3 Å². The van der Waals surface area contributed by atoms with Crippen LogP contribution in [0.1, 0.15) is 148 Å². The minimum Gasteiger partial charge on any atom is -0.459 e. The third kappa shape index (κ3) is 30.4. The van der Waals surface area contributed by atoms with Crippen molar-refractivity contribution in [2.24, 2.45) is 0 Å². The lowest BCUT2D eigenvalue weighted by Crippen LogP contribution is -2.14. The predicted octanol–water partition coefficient (Wildman–Crippen LogP) is 24.7. The first-order chi connectivity index (χ1) is 69.5. The lowest BCUT2D eigenvalue weighted by atomic mass is 10.1. The van der Waals surface area contributed by atoms with E-state index < -0.39 is 0 Å². The number of hydrogen-bond acceptors (Lipinski definition) is 30. The van der Waals surface area contributed by atoms with Gasteiger partial charge in [-0.25, -0.2) is 49.8 Å². The average molecular weight is 2030 g/mol. The quantitative estimate of drug-likeness (QED) is 0.0331. The van der Waals surface area contributed by atoms with Crippen LogP contribution in [0.4, 0.5) is 35.9 Å². The van der Waals surface area contributed by atoms with Gasteiger partial charge >= 0.3 is 0 Å². The summed E-state index contributed by atoms with van der Waals surface area (Å²) in [4.78, 5) is 142. The number of aryl methyl sites for hydroxylation is 7. The number of furan rings is 2. The summed E-state index contributed by atoms with van der Waals surface area (Å²) < 4.78 is 10.0. The number of nitrogens with one attached hydrogen (secondary N) is 7. The molecule has 0 bridgehead atoms. The van der Waals surface area contributed by atoms with Crippen LogP contribution in [0.15, 0.2) is 333 Å². The summed E-state index contributed by atoms with van der Waals surface area (Å²) in [5.74, 6) is -0.592. The minimum absolute atomic E-state index is 0.129. The van der Waals surface area contributed by atoms with Crippen LogP contribution >= 0.6 is 79.4 Å². The Morgan fingerprint density at radius 3 is 1.10 bits per heavy atom. The molecule has 0 atom stereocenters. The SMILES string of the molecule is Cc1ccc(-c2csc(NC(=O)c3cc(C)ccn3)n2)cc1.Cc1ccc(-c2csc(NC(=O)c3ccccn3)n2)cc1.Cc1ccc(-c2csc(NC(=O)c3cnccn3)n2)cc1.Cc1ccc(-c2csc(NC(=O)c3ncccc3C)n2)cc1.Cc1ccc(-c2csc(NC(=O)c3ncccn3)n2)cc1.O=C(Nc1nc(C2CC2)cs1)c1ccco1.O=C(Nc1nc(Cc2ccccc2)cs1)c1ccco1. The highest BCUT2D eigenvalue weighted by atomic mass is 32.1. The van der Waals surface area contributed by atoms with Crippen molar-refractivity contribution < 1.29 is 42.4 Å². The van der Waals surface area contributed by atoms with Gasteiger partial charge in [0.1, 0.15) is 22.8 Å². The van der Waals surface area contributed by atoms with E-state index in [1.165, 1.54) is 169 Å². The van der Waals surface area contributed by atoms with Crippen LogP contribution in [-0.4, -0.2) is 111 Å². The number of aromatic nitrogens is 14. The van der Waals surface area contributed by atoms with Gasteiger partial charge in [0, 0.05) is 121 Å². The Morgan fingerprint density at radius 2 is 0.685 bits per heavy atom. The fraction of sp³-hybridized carbons (Fsp3) is 0.104. The Labute approximate surface area is 849 Å². The van der Waals surface area contributed by atoms with E-state index in [0.717, 1.165) is 85.2 Å². The van der Waals surface area contributed by atoms with E-state index in [-0.39, 0.29) is 58.6 Å². The fourth-order valence-corrected chi connectivity index (χ4v) is 17.8. The van der Waals surface area contributed by atoms with Crippen LogP contribution < -0.4 is 37.2 Å². The molecule has 14 heterocycles. The zero-order valence-electron chi connectivity index (χ0n) is 77.7. The first-order valence-corrected chi connectivity index (χ1v) is 50.3. The molecule has 6 aromatic carbocycles. The summed E-state index contributed by atoms with van der Waals surface area (Å²) in [7, 11) is 0. The normalized spacial score (nSPS) is 10.9. The molecule has 714 valence electrons. The van der Waals surface area contributed by atoms with E-state index in [0.29, 0.717) is 64.7 Å². The van der Waals surface area contributed by atoms with E-state index in [1.54, 1.807) is 73.2 Å². The largest absolute Gasteiger partial charge is 0.459 e. The van der Waals surface area contributed by atoms with Gasteiger partial charge in [0.2, 0.25) is 5.82 Å². The Balaban J connectivity index is 0.000000126. The second-order valence-corrected chi connectivity index (χ2v) is 37.6. The van der Waals surface area contributed by atoms with Gasteiger partial charge < -0.3 is 8.83 Å². The van der Waals surface area contributed by atoms with Gasteiger partial charge in [0.25, 0.3) is 41.4 Å². The number of hydrogen-bond donors (Lipinski definition) is 7. The van der Waals surface area contributed by atoms with E-state index in [2.05, 4.69) is 119 Å². The van der Waals surface area contributed by atoms with Gasteiger partial charge in [0.05, 0.1) is 58.6 Å². The van der Waals surface area contributed by atoms with Crippen molar-refractivity contribution in [3.8, 4) is 56.3 Å². The monoisotopic (exact) mass is 2020 g/mol. The molecule has 7 amide bonds. The Hall–Kier alpha value is -16.8. The highest BCUT2D eigenvalue weighted by Crippen LogP contribution is 2.41. The maximum atomic E-state index is 12.2. The van der Waals surface area contributed by atoms with E-state index in [9.17, 15) is 33.6 Å². The molecular formula is C106H89N21O9S7. The number of benzene rings is 6. The molecule has 0 spiro atoms. The van der Waals surface area contributed by atoms with E-state index >= 15 is 0 Å². The Bertz CT molecular complexity index is 7260. The first kappa shape index (κ1) is 101. The second kappa shape index (κ2) is 50.2. The van der Waals surface area contributed by atoms with Crippen molar-refractivity contribution in [3.05, 3.63) is 420 Å². The molecule has 20 aromatic rings. The summed E-state index contributed by atoms with van der Waals surface area (Å²) in [6, 6.07) is 71.5. The van der Waals surface area contributed by atoms with Crippen molar-refractivity contribution in [1.82, 2.24) is 69.8 Å². The van der Waals surface area contributed by atoms with Crippen molar-refractivity contribution in [3.63, 3.8) is 0 Å². The lowest BCUT2D eigenvalue weighted by Gasteiger charge is -2.03. The van der Waals surface area contributed by atoms with Crippen LogP contribution in [0, 0.1) is 48.5 Å². The fourth-order valence-electron chi connectivity index (χ4n) is 12.7. The van der Waals surface area contributed by atoms with Crippen molar-refractivity contribution in [1.29, 1.82) is 0 Å². The molecule has 1 aliphatic rings. The van der Waals surface area contributed by atoms with Crippen LogP contribution in [0.2, 0.25) is 0 Å². The van der Waals surface area contributed by atoms with Gasteiger partial charge in [-0.2, -0.15) is 0 Å². The molecular weight excluding hydrogens is 1940 g/mol. The Kier molecular flexibility index (Phi) is 35.3. The second-order valence-electron chi connectivity index (χ2n) is 31.6. The molecule has 37 heteroatoms. The number of rotatable bonds is 22. The molecule has 7 N–H and O–H groups in total. The number of amides is 7. The summed E-state index contributed by atoms with van der Waals surface area (Å²) >= 11 is 9.83. The maximum Gasteiger partial charge on any atom is 0.295 e. The van der Waals surface area contributed by atoms with Crippen LogP contribution in [-0.2, 0) is 6.42 Å². The Morgan fingerprint density at radius 1 is 0.301 bits per heavy atom. The van der Waals surface area contributed by atoms with Crippen molar-refractivity contribution in [2.75, 3.05) is 37.2 Å². The molecule has 0 aliphatic heterocycles. The molecule has 1 fully saturated rings. The predicted molar refractivity (Wildman–Crippen MR) is 566 cm³/mol.